The lowest BCUT2D eigenvalue weighted by atomic mass is 9.63. The van der Waals surface area contributed by atoms with Crippen molar-refractivity contribution in [3.8, 4) is 0 Å². The lowest BCUT2D eigenvalue weighted by molar-refractivity contribution is -0.122. The third-order valence-corrected chi connectivity index (χ3v) is 7.68. The van der Waals surface area contributed by atoms with Gasteiger partial charge in [0.15, 0.2) is 0 Å². The van der Waals surface area contributed by atoms with E-state index in [4.69, 9.17) is 4.74 Å². The highest BCUT2D eigenvalue weighted by molar-refractivity contribution is 7.90. The minimum Gasteiger partial charge on any atom is -0.379 e. The summed E-state index contributed by atoms with van der Waals surface area (Å²) < 4.78 is 34.3. The van der Waals surface area contributed by atoms with E-state index in [0.29, 0.717) is 37.4 Å². The summed E-state index contributed by atoms with van der Waals surface area (Å²) in [6.07, 6.45) is 11.1. The highest BCUT2D eigenvalue weighted by Crippen LogP contribution is 2.46. The summed E-state index contributed by atoms with van der Waals surface area (Å²) in [7, 11) is -3.87. The van der Waals surface area contributed by atoms with Gasteiger partial charge < -0.3 is 4.74 Å². The number of aromatic nitrogens is 2. The lowest BCUT2D eigenvalue weighted by Crippen LogP contribution is -2.38. The number of nitrogens with one attached hydrogen (secondary N) is 1. The molecule has 8 heteroatoms. The van der Waals surface area contributed by atoms with Crippen LogP contribution < -0.4 is 4.72 Å². The molecule has 3 fully saturated rings. The molecule has 1 aliphatic heterocycles. The average molecular weight is 381 g/mol. The highest BCUT2D eigenvalue weighted by atomic mass is 32.2. The van der Waals surface area contributed by atoms with Crippen LogP contribution in [0.25, 0.3) is 0 Å². The van der Waals surface area contributed by atoms with Crippen molar-refractivity contribution in [3.63, 3.8) is 0 Å². The number of ether oxygens (including phenoxy) is 1. The van der Waals surface area contributed by atoms with Crippen molar-refractivity contribution >= 4 is 15.9 Å². The van der Waals surface area contributed by atoms with Crippen LogP contribution in [-0.2, 0) is 19.6 Å². The van der Waals surface area contributed by atoms with E-state index in [1.807, 2.05) is 0 Å². The second-order valence-corrected chi connectivity index (χ2v) is 9.63. The van der Waals surface area contributed by atoms with Crippen LogP contribution in [0.15, 0.2) is 17.3 Å². The first-order valence-corrected chi connectivity index (χ1v) is 11.2. The Morgan fingerprint density at radius 3 is 2.46 bits per heavy atom. The van der Waals surface area contributed by atoms with Gasteiger partial charge in [0.25, 0.3) is 10.0 Å². The summed E-state index contributed by atoms with van der Waals surface area (Å²) in [5.41, 5.74) is 0. The maximum Gasteiger partial charge on any atom is 0.267 e. The van der Waals surface area contributed by atoms with E-state index in [1.165, 1.54) is 50.9 Å². The third-order valence-electron chi connectivity index (χ3n) is 6.35. The number of amides is 1. The molecule has 7 nitrogen and oxygen atoms in total. The van der Waals surface area contributed by atoms with Gasteiger partial charge in [-0.2, -0.15) is 5.10 Å². The van der Waals surface area contributed by atoms with E-state index in [-0.39, 0.29) is 16.8 Å². The topological polar surface area (TPSA) is 90.3 Å². The van der Waals surface area contributed by atoms with Crippen molar-refractivity contribution in [1.29, 1.82) is 0 Å². The summed E-state index contributed by atoms with van der Waals surface area (Å²) >= 11 is 0. The molecule has 0 radical (unpaired) electrons. The SMILES string of the molecule is O=C(CC(C1CCC1)C1CCC1)NS(=O)(=O)c1cnn(C2CCOC2)c1. The van der Waals surface area contributed by atoms with Crippen molar-refractivity contribution in [2.75, 3.05) is 13.2 Å². The molecule has 0 bridgehead atoms. The van der Waals surface area contributed by atoms with E-state index in [2.05, 4.69) is 9.82 Å². The number of carbonyl (C=O) groups is 1. The molecule has 26 heavy (non-hydrogen) atoms. The summed E-state index contributed by atoms with van der Waals surface area (Å²) in [5.74, 6) is 1.15. The molecule has 144 valence electrons. The predicted molar refractivity (Wildman–Crippen MR) is 94.8 cm³/mol. The first-order chi connectivity index (χ1) is 12.5. The van der Waals surface area contributed by atoms with Crippen molar-refractivity contribution < 1.29 is 17.9 Å². The Balaban J connectivity index is 1.39. The molecule has 2 saturated carbocycles. The minimum absolute atomic E-state index is 0.0431. The van der Waals surface area contributed by atoms with Gasteiger partial charge in [0, 0.05) is 19.2 Å². The maximum atomic E-state index is 12.5. The molecular weight excluding hydrogens is 354 g/mol. The first-order valence-electron chi connectivity index (χ1n) is 9.70. The summed E-state index contributed by atoms with van der Waals surface area (Å²) in [4.78, 5) is 12.5. The van der Waals surface area contributed by atoms with Gasteiger partial charge in [0.1, 0.15) is 4.90 Å². The zero-order valence-electron chi connectivity index (χ0n) is 15.0. The second-order valence-electron chi connectivity index (χ2n) is 7.95. The molecule has 1 saturated heterocycles. The standard InChI is InChI=1S/C18H27N3O4S/c22-18(9-17(13-3-1-4-13)14-5-2-6-14)20-26(23,24)16-10-19-21(11-16)15-7-8-25-12-15/h10-11,13-15,17H,1-9,12H2,(H,20,22). The normalized spacial score (nSPS) is 24.4. The molecule has 1 atom stereocenters. The molecule has 0 aromatic carbocycles. The number of hydrogen-bond acceptors (Lipinski definition) is 5. The predicted octanol–water partition coefficient (Wildman–Crippen LogP) is 2.26. The fourth-order valence-corrected chi connectivity index (χ4v) is 5.24. The van der Waals surface area contributed by atoms with Crippen LogP contribution in [0.5, 0.6) is 0 Å². The molecule has 3 aliphatic rings. The van der Waals surface area contributed by atoms with Gasteiger partial charge in [-0.05, 0) is 24.2 Å². The molecule has 0 spiro atoms. The molecule has 1 unspecified atom stereocenters. The van der Waals surface area contributed by atoms with Crippen LogP contribution in [0.4, 0.5) is 0 Å². The van der Waals surface area contributed by atoms with E-state index < -0.39 is 10.0 Å². The Bertz CT molecular complexity index is 732. The number of rotatable bonds is 7. The average Bonchev–Trinajstić information content (AvgIpc) is 3.14. The van der Waals surface area contributed by atoms with Crippen molar-refractivity contribution in [1.82, 2.24) is 14.5 Å². The van der Waals surface area contributed by atoms with Gasteiger partial charge in [0.05, 0.1) is 18.8 Å². The third kappa shape index (κ3) is 3.67. The number of sulfonamides is 1. The summed E-state index contributed by atoms with van der Waals surface area (Å²) in [6.45, 7) is 1.20. The van der Waals surface area contributed by atoms with Gasteiger partial charge in [-0.3, -0.25) is 9.48 Å². The van der Waals surface area contributed by atoms with E-state index >= 15 is 0 Å². The molecule has 1 aromatic rings. The molecular formula is C18H27N3O4S. The van der Waals surface area contributed by atoms with Crippen LogP contribution in [0, 0.1) is 17.8 Å². The quantitative estimate of drug-likeness (QED) is 0.782. The molecule has 1 aromatic heterocycles. The zero-order chi connectivity index (χ0) is 18.1. The highest BCUT2D eigenvalue weighted by Gasteiger charge is 2.37. The minimum atomic E-state index is -3.87. The van der Waals surface area contributed by atoms with Gasteiger partial charge >= 0.3 is 0 Å². The maximum absolute atomic E-state index is 12.5. The summed E-state index contributed by atoms with van der Waals surface area (Å²) in [5, 5.41) is 4.14. The number of nitrogens with zero attached hydrogens (tertiary/aromatic N) is 2. The molecule has 1 N–H and O–H groups in total. The van der Waals surface area contributed by atoms with Crippen molar-refractivity contribution in [2.24, 2.45) is 17.8 Å². The molecule has 2 aliphatic carbocycles. The van der Waals surface area contributed by atoms with Gasteiger partial charge in [-0.25, -0.2) is 13.1 Å². The monoisotopic (exact) mass is 381 g/mol. The molecule has 4 rings (SSSR count). The largest absolute Gasteiger partial charge is 0.379 e. The van der Waals surface area contributed by atoms with Gasteiger partial charge in [-0.1, -0.05) is 38.5 Å². The van der Waals surface area contributed by atoms with Crippen LogP contribution in [0.1, 0.15) is 57.4 Å². The van der Waals surface area contributed by atoms with Crippen LogP contribution in [0.3, 0.4) is 0 Å². The Hall–Kier alpha value is -1.41. The van der Waals surface area contributed by atoms with Crippen LogP contribution in [0.2, 0.25) is 0 Å². The Kier molecular flexibility index (Phi) is 5.05. The zero-order valence-corrected chi connectivity index (χ0v) is 15.8. The first kappa shape index (κ1) is 18.0. The fraction of sp³-hybridized carbons (Fsp3) is 0.778. The van der Waals surface area contributed by atoms with Crippen molar-refractivity contribution in [3.05, 3.63) is 12.4 Å². The lowest BCUT2D eigenvalue weighted by Gasteiger charge is -2.42. The summed E-state index contributed by atoms with van der Waals surface area (Å²) in [6, 6.07) is 0.0660. The molecule has 2 heterocycles. The molecule has 1 amide bonds. The Morgan fingerprint density at radius 1 is 1.23 bits per heavy atom. The number of hydrogen-bond donors (Lipinski definition) is 1. The van der Waals surface area contributed by atoms with Crippen LogP contribution >= 0.6 is 0 Å². The Morgan fingerprint density at radius 2 is 1.92 bits per heavy atom. The van der Waals surface area contributed by atoms with Crippen molar-refractivity contribution in [2.45, 2.75) is 62.3 Å². The number of carbonyl (C=O) groups excluding carboxylic acids is 1. The van der Waals surface area contributed by atoms with Gasteiger partial charge in [0.2, 0.25) is 5.91 Å². The van der Waals surface area contributed by atoms with Crippen LogP contribution in [-0.4, -0.2) is 37.3 Å². The smallest absolute Gasteiger partial charge is 0.267 e. The van der Waals surface area contributed by atoms with E-state index in [0.717, 1.165) is 6.42 Å². The van der Waals surface area contributed by atoms with E-state index in [1.54, 1.807) is 4.68 Å². The Labute approximate surface area is 154 Å². The fourth-order valence-electron chi connectivity index (χ4n) is 4.31. The second kappa shape index (κ2) is 7.31. The van der Waals surface area contributed by atoms with E-state index in [9.17, 15) is 13.2 Å². The van der Waals surface area contributed by atoms with Gasteiger partial charge in [-0.15, -0.1) is 0 Å².